The molecule has 0 fully saturated rings. The lowest BCUT2D eigenvalue weighted by molar-refractivity contribution is -0.274. The number of ether oxygens (including phenoxy) is 1. The Bertz CT molecular complexity index is 821. The molecule has 0 atom stereocenters. The van der Waals surface area contributed by atoms with Crippen molar-refractivity contribution in [1.29, 1.82) is 0 Å². The SMILES string of the molecule is CCc1nn(C)c(CC)c1CNC(=NC)NCc1ccccc1OC(F)(F)F.I. The number of nitrogens with zero attached hydrogens (tertiary/aromatic N) is 3. The average Bonchev–Trinajstić information content (AvgIpc) is 2.96. The lowest BCUT2D eigenvalue weighted by Gasteiger charge is -2.16. The van der Waals surface area contributed by atoms with Gasteiger partial charge < -0.3 is 15.4 Å². The third-order valence-corrected chi connectivity index (χ3v) is 4.33. The fourth-order valence-electron chi connectivity index (χ4n) is 3.04. The van der Waals surface area contributed by atoms with Crippen LogP contribution in [0, 0.1) is 0 Å². The minimum atomic E-state index is -4.73. The number of nitrogens with one attached hydrogen (secondary N) is 2. The molecule has 10 heteroatoms. The molecule has 162 valence electrons. The Hall–Kier alpha value is -1.98. The molecule has 1 heterocycles. The van der Waals surface area contributed by atoms with Crippen molar-refractivity contribution < 1.29 is 17.9 Å². The molecule has 6 nitrogen and oxygen atoms in total. The van der Waals surface area contributed by atoms with Crippen LogP contribution in [-0.4, -0.2) is 29.2 Å². The highest BCUT2D eigenvalue weighted by atomic mass is 127. The van der Waals surface area contributed by atoms with Crippen LogP contribution in [0.15, 0.2) is 29.3 Å². The standard InChI is InChI=1S/C19H26F3N5O.HI/c1-5-15-14(16(6-2)27(4)26-15)12-25-18(23-3)24-11-13-9-7-8-10-17(13)28-19(20,21)22;/h7-10H,5-6,11-12H2,1-4H3,(H2,23,24,25);1H. The topological polar surface area (TPSA) is 63.5 Å². The second-order valence-electron chi connectivity index (χ2n) is 6.14. The number of aliphatic imine (C=N–C) groups is 1. The Morgan fingerprint density at radius 3 is 2.38 bits per heavy atom. The quantitative estimate of drug-likeness (QED) is 0.327. The highest BCUT2D eigenvalue weighted by Gasteiger charge is 2.31. The molecule has 0 aliphatic rings. The summed E-state index contributed by atoms with van der Waals surface area (Å²) >= 11 is 0. The maximum atomic E-state index is 12.6. The van der Waals surface area contributed by atoms with E-state index >= 15 is 0 Å². The van der Waals surface area contributed by atoms with E-state index in [4.69, 9.17) is 0 Å². The highest BCUT2D eigenvalue weighted by Crippen LogP contribution is 2.26. The molecule has 2 N–H and O–H groups in total. The first-order valence-electron chi connectivity index (χ1n) is 9.10. The Labute approximate surface area is 185 Å². The molecule has 0 spiro atoms. The van der Waals surface area contributed by atoms with Gasteiger partial charge in [0.05, 0.1) is 5.69 Å². The van der Waals surface area contributed by atoms with Gasteiger partial charge in [0.1, 0.15) is 5.75 Å². The molecular formula is C19H27F3IN5O. The zero-order valence-corrected chi connectivity index (χ0v) is 19.3. The van der Waals surface area contributed by atoms with Gasteiger partial charge in [-0.25, -0.2) is 0 Å². The molecule has 0 aliphatic heterocycles. The van der Waals surface area contributed by atoms with Crippen molar-refractivity contribution in [3.63, 3.8) is 0 Å². The lowest BCUT2D eigenvalue weighted by atomic mass is 10.1. The summed E-state index contributed by atoms with van der Waals surface area (Å²) in [7, 11) is 3.53. The predicted octanol–water partition coefficient (Wildman–Crippen LogP) is 3.93. The number of alkyl halides is 3. The number of para-hydroxylation sites is 1. The number of halogens is 4. The molecule has 0 aliphatic carbocycles. The summed E-state index contributed by atoms with van der Waals surface area (Å²) in [6.45, 7) is 4.79. The summed E-state index contributed by atoms with van der Waals surface area (Å²) in [6, 6.07) is 6.02. The van der Waals surface area contributed by atoms with E-state index in [1.54, 1.807) is 19.2 Å². The minimum Gasteiger partial charge on any atom is -0.405 e. The Kier molecular flexibility index (Phi) is 9.74. The summed E-state index contributed by atoms with van der Waals surface area (Å²) < 4.78 is 43.6. The highest BCUT2D eigenvalue weighted by molar-refractivity contribution is 14.0. The van der Waals surface area contributed by atoms with Gasteiger partial charge in [0.15, 0.2) is 5.96 Å². The van der Waals surface area contributed by atoms with Crippen LogP contribution in [0.4, 0.5) is 13.2 Å². The van der Waals surface area contributed by atoms with Gasteiger partial charge in [-0.05, 0) is 18.9 Å². The lowest BCUT2D eigenvalue weighted by Crippen LogP contribution is -2.36. The van der Waals surface area contributed by atoms with E-state index in [0.29, 0.717) is 18.1 Å². The molecule has 0 amide bonds. The molecule has 0 bridgehead atoms. The van der Waals surface area contributed by atoms with Crippen molar-refractivity contribution in [3.8, 4) is 5.75 Å². The first-order valence-corrected chi connectivity index (χ1v) is 9.10. The average molecular weight is 525 g/mol. The number of hydrogen-bond donors (Lipinski definition) is 2. The molecule has 29 heavy (non-hydrogen) atoms. The molecular weight excluding hydrogens is 498 g/mol. The smallest absolute Gasteiger partial charge is 0.405 e. The summed E-state index contributed by atoms with van der Waals surface area (Å²) in [5.74, 6) is 0.251. The molecule has 1 aromatic carbocycles. The van der Waals surface area contributed by atoms with Crippen LogP contribution < -0.4 is 15.4 Å². The molecule has 2 aromatic rings. The first-order chi connectivity index (χ1) is 13.3. The Morgan fingerprint density at radius 1 is 1.14 bits per heavy atom. The van der Waals surface area contributed by atoms with Gasteiger partial charge in [-0.1, -0.05) is 32.0 Å². The van der Waals surface area contributed by atoms with Crippen LogP contribution >= 0.6 is 24.0 Å². The third kappa shape index (κ3) is 7.09. The zero-order chi connectivity index (χ0) is 20.7. The largest absolute Gasteiger partial charge is 0.573 e. The minimum absolute atomic E-state index is 0. The van der Waals surface area contributed by atoms with Crippen molar-refractivity contribution >= 4 is 29.9 Å². The van der Waals surface area contributed by atoms with Crippen molar-refractivity contribution in [2.24, 2.45) is 12.0 Å². The van der Waals surface area contributed by atoms with Gasteiger partial charge in [0.2, 0.25) is 0 Å². The maximum absolute atomic E-state index is 12.6. The van der Waals surface area contributed by atoms with Crippen LogP contribution in [0.25, 0.3) is 0 Å². The van der Waals surface area contributed by atoms with Crippen LogP contribution in [0.5, 0.6) is 5.75 Å². The molecule has 0 saturated carbocycles. The number of aryl methyl sites for hydroxylation is 2. The van der Waals surface area contributed by atoms with E-state index in [1.807, 2.05) is 11.7 Å². The van der Waals surface area contributed by atoms with E-state index in [9.17, 15) is 13.2 Å². The first kappa shape index (κ1) is 25.1. The van der Waals surface area contributed by atoms with E-state index in [2.05, 4.69) is 39.3 Å². The fraction of sp³-hybridized carbons (Fsp3) is 0.474. The van der Waals surface area contributed by atoms with Gasteiger partial charge in [0, 0.05) is 44.0 Å². The summed E-state index contributed by atoms with van der Waals surface area (Å²) in [4.78, 5) is 4.14. The van der Waals surface area contributed by atoms with Gasteiger partial charge >= 0.3 is 6.36 Å². The molecule has 0 unspecified atom stereocenters. The van der Waals surface area contributed by atoms with Crippen molar-refractivity contribution in [3.05, 3.63) is 46.8 Å². The summed E-state index contributed by atoms with van der Waals surface area (Å²) in [5, 5.41) is 10.8. The van der Waals surface area contributed by atoms with E-state index in [-0.39, 0.29) is 36.3 Å². The number of benzene rings is 1. The summed E-state index contributed by atoms with van der Waals surface area (Å²) in [5.41, 5.74) is 3.67. The number of aromatic nitrogens is 2. The van der Waals surface area contributed by atoms with Crippen LogP contribution in [-0.2, 0) is 33.0 Å². The zero-order valence-electron chi connectivity index (χ0n) is 16.9. The van der Waals surface area contributed by atoms with Gasteiger partial charge in [0.25, 0.3) is 0 Å². The van der Waals surface area contributed by atoms with Crippen LogP contribution in [0.2, 0.25) is 0 Å². The van der Waals surface area contributed by atoms with E-state index in [1.165, 1.54) is 12.1 Å². The second-order valence-corrected chi connectivity index (χ2v) is 6.14. The van der Waals surface area contributed by atoms with E-state index < -0.39 is 6.36 Å². The number of guanidine groups is 1. The fourth-order valence-corrected chi connectivity index (χ4v) is 3.04. The molecule has 0 saturated heterocycles. The summed E-state index contributed by atoms with van der Waals surface area (Å²) in [6.07, 6.45) is -3.06. The third-order valence-electron chi connectivity index (χ3n) is 4.33. The van der Waals surface area contributed by atoms with Crippen LogP contribution in [0.3, 0.4) is 0 Å². The number of rotatable bonds is 7. The maximum Gasteiger partial charge on any atom is 0.573 e. The second kappa shape index (κ2) is 11.3. The van der Waals surface area contributed by atoms with Gasteiger partial charge in [-0.2, -0.15) is 5.10 Å². The van der Waals surface area contributed by atoms with Crippen molar-refractivity contribution in [1.82, 2.24) is 20.4 Å². The number of hydrogen-bond acceptors (Lipinski definition) is 3. The van der Waals surface area contributed by atoms with E-state index in [0.717, 1.165) is 29.8 Å². The molecule has 0 radical (unpaired) electrons. The normalized spacial score (nSPS) is 11.8. The van der Waals surface area contributed by atoms with Crippen LogP contribution in [0.1, 0.15) is 36.4 Å². The van der Waals surface area contributed by atoms with Crippen molar-refractivity contribution in [2.45, 2.75) is 46.1 Å². The monoisotopic (exact) mass is 525 g/mol. The van der Waals surface area contributed by atoms with Gasteiger partial charge in [-0.15, -0.1) is 37.1 Å². The Balaban J connectivity index is 0.00000420. The Morgan fingerprint density at radius 2 is 1.79 bits per heavy atom. The predicted molar refractivity (Wildman–Crippen MR) is 118 cm³/mol. The molecule has 2 rings (SSSR count). The van der Waals surface area contributed by atoms with Gasteiger partial charge in [-0.3, -0.25) is 9.67 Å². The van der Waals surface area contributed by atoms with Crippen molar-refractivity contribution in [2.75, 3.05) is 7.05 Å². The molecule has 1 aromatic heterocycles.